The van der Waals surface area contributed by atoms with E-state index in [2.05, 4.69) is 19.0 Å². The van der Waals surface area contributed by atoms with E-state index in [9.17, 15) is 0 Å². The molecule has 6 heteroatoms. The standard InChI is InChI=1S/C9H19N.H3O4P/c1-10(2)9-7-5-3-4-6-8-9;1-5(2,3)4/h9H,3-8H2,1-2H3;(H3,1,2,3,4). The highest BCUT2D eigenvalue weighted by atomic mass is 31.2. The lowest BCUT2D eigenvalue weighted by molar-refractivity contribution is 0.267. The van der Waals surface area contributed by atoms with Crippen LogP contribution in [0.4, 0.5) is 0 Å². The maximum atomic E-state index is 8.88. The minimum Gasteiger partial charge on any atom is -0.306 e. The molecular weight excluding hydrogens is 217 g/mol. The van der Waals surface area contributed by atoms with Crippen LogP contribution in [-0.4, -0.2) is 39.7 Å². The van der Waals surface area contributed by atoms with Gasteiger partial charge in [-0.2, -0.15) is 0 Å². The molecule has 0 aliphatic heterocycles. The Balaban J connectivity index is 0.000000336. The predicted octanol–water partition coefficient (Wildman–Crippen LogP) is 1.34. The Morgan fingerprint density at radius 2 is 1.33 bits per heavy atom. The van der Waals surface area contributed by atoms with E-state index in [0.717, 1.165) is 6.04 Å². The second kappa shape index (κ2) is 7.36. The monoisotopic (exact) mass is 239 g/mol. The first-order valence-electron chi connectivity index (χ1n) is 5.25. The number of phosphoric acid groups is 1. The van der Waals surface area contributed by atoms with Crippen LogP contribution >= 0.6 is 7.82 Å². The SMILES string of the molecule is CN(C)C1CCCCCC1.O=P(O)(O)O. The van der Waals surface area contributed by atoms with Crippen molar-refractivity contribution in [3.05, 3.63) is 0 Å². The Kier molecular flexibility index (Phi) is 7.40. The van der Waals surface area contributed by atoms with E-state index in [-0.39, 0.29) is 0 Å². The van der Waals surface area contributed by atoms with Gasteiger partial charge < -0.3 is 19.6 Å². The van der Waals surface area contributed by atoms with E-state index in [1.807, 2.05) is 0 Å². The number of hydrogen-bond donors (Lipinski definition) is 3. The molecule has 0 unspecified atom stereocenters. The topological polar surface area (TPSA) is 81.0 Å². The molecule has 0 aromatic heterocycles. The molecule has 0 aromatic carbocycles. The molecule has 0 saturated heterocycles. The highest BCUT2D eigenvalue weighted by molar-refractivity contribution is 7.45. The Bertz CT molecular complexity index is 188. The van der Waals surface area contributed by atoms with Crippen molar-refractivity contribution in [1.82, 2.24) is 4.90 Å². The zero-order valence-corrected chi connectivity index (χ0v) is 10.4. The molecule has 1 aliphatic carbocycles. The lowest BCUT2D eigenvalue weighted by Crippen LogP contribution is -2.26. The highest BCUT2D eigenvalue weighted by Gasteiger charge is 2.12. The molecule has 0 bridgehead atoms. The van der Waals surface area contributed by atoms with Crippen molar-refractivity contribution in [1.29, 1.82) is 0 Å². The quantitative estimate of drug-likeness (QED) is 0.475. The summed E-state index contributed by atoms with van der Waals surface area (Å²) in [6.07, 6.45) is 8.67. The third-order valence-corrected chi connectivity index (χ3v) is 2.55. The average Bonchev–Trinajstić information content (AvgIpc) is 2.27. The Morgan fingerprint density at radius 3 is 1.60 bits per heavy atom. The number of nitrogens with zero attached hydrogens (tertiary/aromatic N) is 1. The second-order valence-corrected chi connectivity index (χ2v) is 5.15. The molecule has 15 heavy (non-hydrogen) atoms. The molecule has 5 nitrogen and oxygen atoms in total. The molecule has 0 heterocycles. The van der Waals surface area contributed by atoms with E-state index in [1.165, 1.54) is 38.5 Å². The van der Waals surface area contributed by atoms with Crippen LogP contribution in [0.2, 0.25) is 0 Å². The van der Waals surface area contributed by atoms with Crippen LogP contribution in [0.5, 0.6) is 0 Å². The van der Waals surface area contributed by atoms with Crippen molar-refractivity contribution >= 4 is 7.82 Å². The number of hydrogen-bond acceptors (Lipinski definition) is 2. The summed E-state index contributed by atoms with van der Waals surface area (Å²) in [5.74, 6) is 0. The molecule has 0 amide bonds. The lowest BCUT2D eigenvalue weighted by Gasteiger charge is -2.21. The highest BCUT2D eigenvalue weighted by Crippen LogP contribution is 2.25. The van der Waals surface area contributed by atoms with Gasteiger partial charge in [0.1, 0.15) is 0 Å². The van der Waals surface area contributed by atoms with Crippen molar-refractivity contribution in [2.75, 3.05) is 14.1 Å². The summed E-state index contributed by atoms with van der Waals surface area (Å²) in [6, 6.07) is 0.877. The van der Waals surface area contributed by atoms with E-state index in [0.29, 0.717) is 0 Å². The van der Waals surface area contributed by atoms with Crippen molar-refractivity contribution < 1.29 is 19.2 Å². The third-order valence-electron chi connectivity index (χ3n) is 2.55. The summed E-state index contributed by atoms with van der Waals surface area (Å²) in [5, 5.41) is 0. The van der Waals surface area contributed by atoms with Crippen LogP contribution in [0.3, 0.4) is 0 Å². The first-order valence-corrected chi connectivity index (χ1v) is 6.82. The summed E-state index contributed by atoms with van der Waals surface area (Å²) in [7, 11) is -0.230. The Labute approximate surface area is 91.4 Å². The summed E-state index contributed by atoms with van der Waals surface area (Å²) < 4.78 is 8.88. The zero-order valence-electron chi connectivity index (χ0n) is 9.46. The smallest absolute Gasteiger partial charge is 0.306 e. The first-order chi connectivity index (χ1) is 6.80. The van der Waals surface area contributed by atoms with Crippen LogP contribution in [0.15, 0.2) is 0 Å². The number of rotatable bonds is 1. The van der Waals surface area contributed by atoms with Crippen molar-refractivity contribution in [2.24, 2.45) is 0 Å². The lowest BCUT2D eigenvalue weighted by atomic mass is 10.1. The molecule has 0 spiro atoms. The van der Waals surface area contributed by atoms with E-state index >= 15 is 0 Å². The van der Waals surface area contributed by atoms with Gasteiger partial charge in [-0.1, -0.05) is 25.7 Å². The molecule has 3 N–H and O–H groups in total. The van der Waals surface area contributed by atoms with Gasteiger partial charge in [0.2, 0.25) is 0 Å². The maximum absolute atomic E-state index is 8.88. The van der Waals surface area contributed by atoms with Gasteiger partial charge in [0.15, 0.2) is 0 Å². The average molecular weight is 239 g/mol. The molecule has 1 saturated carbocycles. The van der Waals surface area contributed by atoms with E-state index in [1.54, 1.807) is 0 Å². The van der Waals surface area contributed by atoms with Crippen LogP contribution in [-0.2, 0) is 4.57 Å². The fourth-order valence-corrected chi connectivity index (χ4v) is 1.77. The van der Waals surface area contributed by atoms with Gasteiger partial charge in [-0.25, -0.2) is 4.57 Å². The zero-order chi connectivity index (χ0) is 11.9. The van der Waals surface area contributed by atoms with Gasteiger partial charge in [0, 0.05) is 6.04 Å². The summed E-state index contributed by atoms with van der Waals surface area (Å²) >= 11 is 0. The van der Waals surface area contributed by atoms with Crippen molar-refractivity contribution in [3.63, 3.8) is 0 Å². The van der Waals surface area contributed by atoms with Gasteiger partial charge in [-0.15, -0.1) is 0 Å². The van der Waals surface area contributed by atoms with Crippen molar-refractivity contribution in [3.8, 4) is 0 Å². The molecule has 0 radical (unpaired) electrons. The largest absolute Gasteiger partial charge is 0.466 e. The van der Waals surface area contributed by atoms with Gasteiger partial charge in [-0.3, -0.25) is 0 Å². The summed E-state index contributed by atoms with van der Waals surface area (Å²) in [6.45, 7) is 0. The first kappa shape index (κ1) is 15.1. The van der Waals surface area contributed by atoms with E-state index < -0.39 is 7.82 Å². The molecule has 92 valence electrons. The van der Waals surface area contributed by atoms with Gasteiger partial charge in [0.25, 0.3) is 0 Å². The normalized spacial score (nSPS) is 19.3. The predicted molar refractivity (Wildman–Crippen MR) is 59.4 cm³/mol. The molecule has 0 aromatic rings. The van der Waals surface area contributed by atoms with Crippen molar-refractivity contribution in [2.45, 2.75) is 44.6 Å². The molecule has 1 fully saturated rings. The minimum atomic E-state index is -4.64. The van der Waals surface area contributed by atoms with Gasteiger partial charge in [-0.05, 0) is 26.9 Å². The second-order valence-electron chi connectivity index (χ2n) is 4.12. The third kappa shape index (κ3) is 12.0. The van der Waals surface area contributed by atoms with E-state index in [4.69, 9.17) is 19.2 Å². The van der Waals surface area contributed by atoms with Crippen LogP contribution in [0.1, 0.15) is 38.5 Å². The van der Waals surface area contributed by atoms with Crippen LogP contribution in [0, 0.1) is 0 Å². The van der Waals surface area contributed by atoms with Crippen LogP contribution < -0.4 is 0 Å². The summed E-state index contributed by atoms with van der Waals surface area (Å²) in [4.78, 5) is 23.9. The minimum absolute atomic E-state index is 0.877. The summed E-state index contributed by atoms with van der Waals surface area (Å²) in [5.41, 5.74) is 0. The fraction of sp³-hybridized carbons (Fsp3) is 1.00. The molecule has 0 atom stereocenters. The fourth-order valence-electron chi connectivity index (χ4n) is 1.77. The molecular formula is C9H22NO4P. The Hall–Kier alpha value is 0.0700. The Morgan fingerprint density at radius 1 is 1.00 bits per heavy atom. The molecule has 1 aliphatic rings. The van der Waals surface area contributed by atoms with Gasteiger partial charge in [0.05, 0.1) is 0 Å². The van der Waals surface area contributed by atoms with Crippen LogP contribution in [0.25, 0.3) is 0 Å². The molecule has 1 rings (SSSR count). The maximum Gasteiger partial charge on any atom is 0.466 e. The van der Waals surface area contributed by atoms with Gasteiger partial charge >= 0.3 is 7.82 Å².